The Kier molecular flexibility index (Phi) is 4.53. The van der Waals surface area contributed by atoms with E-state index in [2.05, 4.69) is 120 Å². The lowest BCUT2D eigenvalue weighted by molar-refractivity contribution is 0.990. The van der Waals surface area contributed by atoms with Crippen molar-refractivity contribution in [3.8, 4) is 0 Å². The molecule has 1 heterocycles. The summed E-state index contributed by atoms with van der Waals surface area (Å²) in [5, 5.41) is 5.28. The molecule has 7 rings (SSSR count). The Morgan fingerprint density at radius 2 is 1.50 bits per heavy atom. The molecule has 0 spiro atoms. The first-order valence-electron chi connectivity index (χ1n) is 11.8. The number of para-hydroxylation sites is 1. The Hall–Kier alpha value is -3.88. The van der Waals surface area contributed by atoms with Gasteiger partial charge in [0.1, 0.15) is 0 Å². The van der Waals surface area contributed by atoms with Gasteiger partial charge in [0.2, 0.25) is 0 Å². The molecule has 34 heavy (non-hydrogen) atoms. The SMILES string of the molecule is C1=Cc2c(ccc3sc4cc(N(c5ccccc5)c5cccc6ccccc56)ccc4c23)CC1. The van der Waals surface area contributed by atoms with Crippen LogP contribution < -0.4 is 4.90 Å². The molecular formula is C32H23NS. The molecule has 6 aromatic rings. The number of nitrogens with zero attached hydrogens (tertiary/aromatic N) is 1. The normalized spacial score (nSPS) is 12.9. The molecule has 1 aliphatic rings. The Morgan fingerprint density at radius 3 is 2.44 bits per heavy atom. The van der Waals surface area contributed by atoms with Crippen LogP contribution >= 0.6 is 11.3 Å². The number of thiophene rings is 1. The molecule has 1 aliphatic carbocycles. The van der Waals surface area contributed by atoms with Gasteiger partial charge in [-0.3, -0.25) is 0 Å². The first-order valence-corrected chi connectivity index (χ1v) is 12.7. The molecule has 2 heteroatoms. The molecule has 0 radical (unpaired) electrons. The van der Waals surface area contributed by atoms with E-state index in [-0.39, 0.29) is 0 Å². The lowest BCUT2D eigenvalue weighted by Crippen LogP contribution is -2.10. The van der Waals surface area contributed by atoms with Crippen LogP contribution in [0.5, 0.6) is 0 Å². The van der Waals surface area contributed by atoms with Gasteiger partial charge >= 0.3 is 0 Å². The van der Waals surface area contributed by atoms with Crippen LogP contribution in [0.3, 0.4) is 0 Å². The number of allylic oxidation sites excluding steroid dienone is 1. The summed E-state index contributed by atoms with van der Waals surface area (Å²) in [5.41, 5.74) is 6.44. The lowest BCUT2D eigenvalue weighted by atomic mass is 9.93. The fourth-order valence-corrected chi connectivity index (χ4v) is 6.48. The summed E-state index contributed by atoms with van der Waals surface area (Å²) < 4.78 is 2.70. The number of aryl methyl sites for hydroxylation is 1. The van der Waals surface area contributed by atoms with E-state index in [0.29, 0.717) is 0 Å². The van der Waals surface area contributed by atoms with Gasteiger partial charge in [0.25, 0.3) is 0 Å². The zero-order valence-electron chi connectivity index (χ0n) is 18.7. The third-order valence-electron chi connectivity index (χ3n) is 6.90. The Bertz CT molecular complexity index is 1700. The number of rotatable bonds is 3. The Balaban J connectivity index is 1.48. The van der Waals surface area contributed by atoms with E-state index in [1.807, 2.05) is 11.3 Å². The summed E-state index contributed by atoms with van der Waals surface area (Å²) in [6.07, 6.45) is 6.92. The van der Waals surface area contributed by atoms with Crippen molar-refractivity contribution in [2.24, 2.45) is 0 Å². The summed E-state index contributed by atoms with van der Waals surface area (Å²) in [7, 11) is 0. The molecule has 0 atom stereocenters. The van der Waals surface area contributed by atoms with Gasteiger partial charge in [0.15, 0.2) is 0 Å². The van der Waals surface area contributed by atoms with Gasteiger partial charge in [-0.25, -0.2) is 0 Å². The molecule has 0 saturated heterocycles. The van der Waals surface area contributed by atoms with E-state index in [9.17, 15) is 0 Å². The van der Waals surface area contributed by atoms with E-state index in [4.69, 9.17) is 0 Å². The van der Waals surface area contributed by atoms with Gasteiger partial charge in [-0.2, -0.15) is 0 Å². The highest BCUT2D eigenvalue weighted by molar-refractivity contribution is 7.25. The van der Waals surface area contributed by atoms with Crippen LogP contribution in [0.25, 0.3) is 37.0 Å². The molecule has 0 N–H and O–H groups in total. The maximum atomic E-state index is 2.39. The van der Waals surface area contributed by atoms with E-state index < -0.39 is 0 Å². The smallest absolute Gasteiger partial charge is 0.0540 e. The van der Waals surface area contributed by atoms with Crippen LogP contribution in [0.4, 0.5) is 17.1 Å². The molecule has 1 aromatic heterocycles. The number of anilines is 3. The minimum atomic E-state index is 1.14. The van der Waals surface area contributed by atoms with Gasteiger partial charge in [0, 0.05) is 36.9 Å². The van der Waals surface area contributed by atoms with Crippen molar-refractivity contribution in [3.63, 3.8) is 0 Å². The fraction of sp³-hybridized carbons (Fsp3) is 0.0625. The molecule has 0 aliphatic heterocycles. The van der Waals surface area contributed by atoms with Crippen LogP contribution in [-0.4, -0.2) is 0 Å². The van der Waals surface area contributed by atoms with Crippen molar-refractivity contribution in [3.05, 3.63) is 120 Å². The van der Waals surface area contributed by atoms with Crippen LogP contribution in [-0.2, 0) is 6.42 Å². The molecule has 0 bridgehead atoms. The number of hydrogen-bond donors (Lipinski definition) is 0. The predicted molar refractivity (Wildman–Crippen MR) is 149 cm³/mol. The van der Waals surface area contributed by atoms with Crippen LogP contribution in [0.15, 0.2) is 109 Å². The molecular weight excluding hydrogens is 430 g/mol. The topological polar surface area (TPSA) is 3.24 Å². The van der Waals surface area contributed by atoms with Crippen LogP contribution in [0.2, 0.25) is 0 Å². The third kappa shape index (κ3) is 3.07. The first-order chi connectivity index (χ1) is 16.9. The predicted octanol–water partition coefficient (Wildman–Crippen LogP) is 9.64. The second-order valence-electron chi connectivity index (χ2n) is 8.90. The minimum absolute atomic E-state index is 1.14. The zero-order valence-corrected chi connectivity index (χ0v) is 19.6. The highest BCUT2D eigenvalue weighted by Gasteiger charge is 2.18. The second-order valence-corrected chi connectivity index (χ2v) is 9.99. The highest BCUT2D eigenvalue weighted by Crippen LogP contribution is 2.44. The maximum Gasteiger partial charge on any atom is 0.0540 e. The van der Waals surface area contributed by atoms with Gasteiger partial charge in [-0.1, -0.05) is 78.9 Å². The summed E-state index contributed by atoms with van der Waals surface area (Å²) in [6.45, 7) is 0. The van der Waals surface area contributed by atoms with E-state index in [1.165, 1.54) is 59.1 Å². The quantitative estimate of drug-likeness (QED) is 0.258. The standard InChI is InChI=1S/C32H23NS/c1-2-12-24(13-3-1)33(29-16-8-11-22-9-4-6-14-26(22)29)25-18-19-28-31(21-25)34-30-20-17-23-10-5-7-15-27(23)32(28)30/h1-4,6-9,11-21H,5,10H2. The lowest BCUT2D eigenvalue weighted by Gasteiger charge is -2.27. The Morgan fingerprint density at radius 1 is 0.647 bits per heavy atom. The fourth-order valence-electron chi connectivity index (χ4n) is 5.32. The van der Waals surface area contributed by atoms with Gasteiger partial charge in [0.05, 0.1) is 5.69 Å². The van der Waals surface area contributed by atoms with Crippen molar-refractivity contribution in [2.75, 3.05) is 4.90 Å². The third-order valence-corrected chi connectivity index (χ3v) is 8.01. The second kappa shape index (κ2) is 7.86. The van der Waals surface area contributed by atoms with Crippen LogP contribution in [0.1, 0.15) is 17.5 Å². The molecule has 0 amide bonds. The summed E-state index contributed by atoms with van der Waals surface area (Å²) in [6, 6.07) is 37.5. The molecule has 0 unspecified atom stereocenters. The van der Waals surface area contributed by atoms with Gasteiger partial charge in [-0.15, -0.1) is 11.3 Å². The van der Waals surface area contributed by atoms with Crippen molar-refractivity contribution >= 4 is 65.4 Å². The highest BCUT2D eigenvalue weighted by atomic mass is 32.1. The molecule has 0 fully saturated rings. The summed E-state index contributed by atoms with van der Waals surface area (Å²) in [5.74, 6) is 0. The molecule has 1 nitrogen and oxygen atoms in total. The Labute approximate surface area is 203 Å². The van der Waals surface area contributed by atoms with Crippen LogP contribution in [0, 0.1) is 0 Å². The van der Waals surface area contributed by atoms with E-state index >= 15 is 0 Å². The van der Waals surface area contributed by atoms with Gasteiger partial charge in [-0.05, 0) is 65.8 Å². The van der Waals surface area contributed by atoms with Crippen molar-refractivity contribution in [1.82, 2.24) is 0 Å². The van der Waals surface area contributed by atoms with E-state index in [0.717, 1.165) is 12.8 Å². The average molecular weight is 454 g/mol. The van der Waals surface area contributed by atoms with E-state index in [1.54, 1.807) is 0 Å². The molecule has 5 aromatic carbocycles. The summed E-state index contributed by atoms with van der Waals surface area (Å²) in [4.78, 5) is 2.39. The van der Waals surface area contributed by atoms with Crippen molar-refractivity contribution < 1.29 is 0 Å². The minimum Gasteiger partial charge on any atom is -0.310 e. The monoisotopic (exact) mass is 453 g/mol. The molecule has 0 saturated carbocycles. The number of hydrogen-bond acceptors (Lipinski definition) is 2. The average Bonchev–Trinajstić information content (AvgIpc) is 3.28. The molecule has 162 valence electrons. The van der Waals surface area contributed by atoms with Crippen molar-refractivity contribution in [2.45, 2.75) is 12.8 Å². The number of fused-ring (bicyclic) bond motifs is 6. The van der Waals surface area contributed by atoms with Gasteiger partial charge < -0.3 is 4.90 Å². The number of benzene rings is 5. The summed E-state index contributed by atoms with van der Waals surface area (Å²) >= 11 is 1.90. The maximum absolute atomic E-state index is 2.39. The zero-order chi connectivity index (χ0) is 22.5. The van der Waals surface area contributed by atoms with Crippen molar-refractivity contribution in [1.29, 1.82) is 0 Å². The largest absolute Gasteiger partial charge is 0.310 e. The first kappa shape index (κ1) is 19.6.